The molecule has 0 bridgehead atoms. The van der Waals surface area contributed by atoms with Gasteiger partial charge in [0.15, 0.2) is 0 Å². The zero-order valence-corrected chi connectivity index (χ0v) is 15.0. The van der Waals surface area contributed by atoms with Crippen LogP contribution in [0.3, 0.4) is 0 Å². The molecule has 3 aromatic rings. The van der Waals surface area contributed by atoms with E-state index < -0.39 is 0 Å². The number of hydrogen-bond donors (Lipinski definition) is 2. The van der Waals surface area contributed by atoms with Gasteiger partial charge in [0.2, 0.25) is 5.91 Å². The summed E-state index contributed by atoms with van der Waals surface area (Å²) in [5, 5.41) is 6.08. The molecule has 0 spiro atoms. The lowest BCUT2D eigenvalue weighted by Crippen LogP contribution is -2.15. The van der Waals surface area contributed by atoms with Crippen molar-refractivity contribution in [3.8, 4) is 0 Å². The summed E-state index contributed by atoms with van der Waals surface area (Å²) in [6, 6.07) is 15.2. The molecular formula is C19H17BrN4O. The van der Waals surface area contributed by atoms with Gasteiger partial charge in [-0.15, -0.1) is 0 Å². The molecule has 25 heavy (non-hydrogen) atoms. The summed E-state index contributed by atoms with van der Waals surface area (Å²) in [5.41, 5.74) is 2.91. The number of anilines is 2. The number of hydrogen-bond acceptors (Lipinski definition) is 4. The van der Waals surface area contributed by atoms with Crippen LogP contribution < -0.4 is 10.6 Å². The second-order valence-corrected chi connectivity index (χ2v) is 6.32. The first-order valence-corrected chi connectivity index (χ1v) is 8.62. The molecule has 0 aliphatic heterocycles. The Balaban J connectivity index is 1.53. The number of rotatable bonds is 6. The van der Waals surface area contributed by atoms with Crippen LogP contribution in [0.4, 0.5) is 11.5 Å². The first kappa shape index (κ1) is 17.1. The smallest absolute Gasteiger partial charge is 0.229 e. The van der Waals surface area contributed by atoms with Gasteiger partial charge in [-0.2, -0.15) is 0 Å². The monoisotopic (exact) mass is 396 g/mol. The summed E-state index contributed by atoms with van der Waals surface area (Å²) >= 11 is 3.45. The summed E-state index contributed by atoms with van der Waals surface area (Å²) < 4.78 is 0.924. The molecule has 2 heterocycles. The Bertz CT molecular complexity index is 838. The van der Waals surface area contributed by atoms with Gasteiger partial charge >= 0.3 is 0 Å². The molecular weight excluding hydrogens is 380 g/mol. The van der Waals surface area contributed by atoms with Gasteiger partial charge in [-0.05, 0) is 35.4 Å². The molecule has 3 rings (SSSR count). The average Bonchev–Trinajstić information content (AvgIpc) is 2.64. The van der Waals surface area contributed by atoms with Gasteiger partial charge in [0, 0.05) is 23.4 Å². The topological polar surface area (TPSA) is 66.9 Å². The summed E-state index contributed by atoms with van der Waals surface area (Å²) in [4.78, 5) is 20.5. The molecule has 0 aliphatic carbocycles. The van der Waals surface area contributed by atoms with E-state index in [2.05, 4.69) is 36.5 Å². The van der Waals surface area contributed by atoms with Gasteiger partial charge in [0.1, 0.15) is 5.82 Å². The largest absolute Gasteiger partial charge is 0.380 e. The third-order valence-corrected chi connectivity index (χ3v) is 4.33. The second kappa shape index (κ2) is 8.39. The predicted molar refractivity (Wildman–Crippen MR) is 102 cm³/mol. The summed E-state index contributed by atoms with van der Waals surface area (Å²) in [6.45, 7) is 0.670. The molecule has 0 saturated carbocycles. The van der Waals surface area contributed by atoms with Crippen LogP contribution >= 0.6 is 15.9 Å². The third-order valence-electron chi connectivity index (χ3n) is 3.56. The summed E-state index contributed by atoms with van der Waals surface area (Å²) in [7, 11) is 0. The lowest BCUT2D eigenvalue weighted by atomic mass is 10.1. The molecule has 0 radical (unpaired) electrons. The fourth-order valence-electron chi connectivity index (χ4n) is 2.28. The zero-order valence-electron chi connectivity index (χ0n) is 13.4. The minimum Gasteiger partial charge on any atom is -0.380 e. The quantitative estimate of drug-likeness (QED) is 0.659. The molecule has 0 saturated heterocycles. The van der Waals surface area contributed by atoms with Crippen molar-refractivity contribution in [2.45, 2.75) is 13.0 Å². The van der Waals surface area contributed by atoms with E-state index in [1.54, 1.807) is 18.5 Å². The van der Waals surface area contributed by atoms with E-state index in [1.807, 2.05) is 48.7 Å². The molecule has 6 heteroatoms. The highest BCUT2D eigenvalue weighted by Crippen LogP contribution is 2.17. The maximum absolute atomic E-state index is 12.1. The van der Waals surface area contributed by atoms with Crippen molar-refractivity contribution in [2.75, 3.05) is 10.6 Å². The van der Waals surface area contributed by atoms with Gasteiger partial charge in [-0.1, -0.05) is 40.2 Å². The fraction of sp³-hybridized carbons (Fsp3) is 0.105. The van der Waals surface area contributed by atoms with Crippen molar-refractivity contribution in [1.29, 1.82) is 0 Å². The molecule has 1 amide bonds. The van der Waals surface area contributed by atoms with Crippen LogP contribution in [0, 0.1) is 0 Å². The van der Waals surface area contributed by atoms with E-state index in [1.165, 1.54) is 0 Å². The number of nitrogens with zero attached hydrogens (tertiary/aromatic N) is 2. The number of carbonyl (C=O) groups is 1. The third kappa shape index (κ3) is 5.12. The standard InChI is InChI=1S/C19H17BrN4O/c20-17-6-2-1-5-15(17)10-19(25)24-18-8-7-16(13-23-18)22-12-14-4-3-9-21-11-14/h1-9,11,13,22H,10,12H2,(H,23,24,25). The van der Waals surface area contributed by atoms with Gasteiger partial charge in [0.05, 0.1) is 18.3 Å². The lowest BCUT2D eigenvalue weighted by Gasteiger charge is -2.08. The first-order valence-electron chi connectivity index (χ1n) is 7.83. The van der Waals surface area contributed by atoms with Gasteiger partial charge < -0.3 is 10.6 Å². The maximum Gasteiger partial charge on any atom is 0.229 e. The highest BCUT2D eigenvalue weighted by Gasteiger charge is 2.07. The summed E-state index contributed by atoms with van der Waals surface area (Å²) in [6.07, 6.45) is 5.56. The van der Waals surface area contributed by atoms with Crippen molar-refractivity contribution in [3.63, 3.8) is 0 Å². The van der Waals surface area contributed by atoms with E-state index in [0.29, 0.717) is 18.8 Å². The molecule has 0 atom stereocenters. The number of pyridine rings is 2. The van der Waals surface area contributed by atoms with Crippen molar-refractivity contribution in [3.05, 3.63) is 82.7 Å². The number of halogens is 1. The van der Waals surface area contributed by atoms with E-state index >= 15 is 0 Å². The molecule has 0 fully saturated rings. The minimum absolute atomic E-state index is 0.101. The average molecular weight is 397 g/mol. The van der Waals surface area contributed by atoms with Gasteiger partial charge in [-0.25, -0.2) is 4.98 Å². The van der Waals surface area contributed by atoms with Crippen molar-refractivity contribution >= 4 is 33.3 Å². The summed E-state index contributed by atoms with van der Waals surface area (Å²) in [5.74, 6) is 0.430. The highest BCUT2D eigenvalue weighted by molar-refractivity contribution is 9.10. The number of benzene rings is 1. The molecule has 0 aliphatic rings. The predicted octanol–water partition coefficient (Wildman–Crippen LogP) is 4.03. The van der Waals surface area contributed by atoms with Crippen LogP contribution in [0.15, 0.2) is 71.6 Å². The van der Waals surface area contributed by atoms with Crippen LogP contribution in [-0.2, 0) is 17.8 Å². The van der Waals surface area contributed by atoms with E-state index in [4.69, 9.17) is 0 Å². The Morgan fingerprint density at radius 2 is 1.92 bits per heavy atom. The Hall–Kier alpha value is -2.73. The molecule has 2 N–H and O–H groups in total. The molecule has 1 aromatic carbocycles. The molecule has 126 valence electrons. The second-order valence-electron chi connectivity index (χ2n) is 5.46. The van der Waals surface area contributed by atoms with Crippen LogP contribution in [0.25, 0.3) is 0 Å². The van der Waals surface area contributed by atoms with E-state index in [-0.39, 0.29) is 5.91 Å². The van der Waals surface area contributed by atoms with Crippen LogP contribution in [0.5, 0.6) is 0 Å². The van der Waals surface area contributed by atoms with Crippen molar-refractivity contribution in [1.82, 2.24) is 9.97 Å². The molecule has 5 nitrogen and oxygen atoms in total. The van der Waals surface area contributed by atoms with Crippen LogP contribution in [0.2, 0.25) is 0 Å². The minimum atomic E-state index is -0.101. The molecule has 0 unspecified atom stereocenters. The van der Waals surface area contributed by atoms with E-state index in [0.717, 1.165) is 21.3 Å². The zero-order chi connectivity index (χ0) is 17.5. The Morgan fingerprint density at radius 3 is 2.64 bits per heavy atom. The van der Waals surface area contributed by atoms with Gasteiger partial charge in [-0.3, -0.25) is 9.78 Å². The number of nitrogens with one attached hydrogen (secondary N) is 2. The number of carbonyl (C=O) groups excluding carboxylic acids is 1. The normalized spacial score (nSPS) is 10.3. The van der Waals surface area contributed by atoms with Crippen molar-refractivity contribution < 1.29 is 4.79 Å². The maximum atomic E-state index is 12.1. The number of aromatic nitrogens is 2. The van der Waals surface area contributed by atoms with Gasteiger partial charge in [0.25, 0.3) is 0 Å². The Labute approximate surface area is 154 Å². The Morgan fingerprint density at radius 1 is 1.04 bits per heavy atom. The van der Waals surface area contributed by atoms with Crippen LogP contribution in [0.1, 0.15) is 11.1 Å². The first-order chi connectivity index (χ1) is 12.2. The molecule has 2 aromatic heterocycles. The van der Waals surface area contributed by atoms with Crippen LogP contribution in [-0.4, -0.2) is 15.9 Å². The Kier molecular flexibility index (Phi) is 5.74. The fourth-order valence-corrected chi connectivity index (χ4v) is 2.71. The highest BCUT2D eigenvalue weighted by atomic mass is 79.9. The number of amides is 1. The van der Waals surface area contributed by atoms with Crippen molar-refractivity contribution in [2.24, 2.45) is 0 Å². The lowest BCUT2D eigenvalue weighted by molar-refractivity contribution is -0.115. The SMILES string of the molecule is O=C(Cc1ccccc1Br)Nc1ccc(NCc2cccnc2)cn1. The van der Waals surface area contributed by atoms with E-state index in [9.17, 15) is 4.79 Å².